The molecule has 0 saturated heterocycles. The fourth-order valence-corrected chi connectivity index (χ4v) is 1.74. The van der Waals surface area contributed by atoms with Gasteiger partial charge in [0.2, 0.25) is 0 Å². The maximum Gasteiger partial charge on any atom is 0.276 e. The van der Waals surface area contributed by atoms with Crippen LogP contribution >= 0.6 is 0 Å². The predicted molar refractivity (Wildman–Crippen MR) is 55.7 cm³/mol. The number of rotatable bonds is 3. The second-order valence-corrected chi connectivity index (χ2v) is 4.46. The first-order valence-corrected chi connectivity index (χ1v) is 5.61. The average molecular weight is 212 g/mol. The van der Waals surface area contributed by atoms with Crippen molar-refractivity contribution in [3.8, 4) is 0 Å². The van der Waals surface area contributed by atoms with Crippen molar-refractivity contribution < 1.29 is 8.42 Å². The molecule has 1 rings (SSSR count). The van der Waals surface area contributed by atoms with Gasteiger partial charge in [-0.3, -0.25) is 0 Å². The molecule has 0 aliphatic carbocycles. The van der Waals surface area contributed by atoms with E-state index in [0.29, 0.717) is 0 Å². The fraction of sp³-hybridized carbons (Fsp3) is 0.222. The van der Waals surface area contributed by atoms with Crippen LogP contribution in [0.5, 0.6) is 0 Å². The van der Waals surface area contributed by atoms with Gasteiger partial charge >= 0.3 is 0 Å². The molecule has 14 heavy (non-hydrogen) atoms. The largest absolute Gasteiger partial charge is 0.276 e. The summed E-state index contributed by atoms with van der Waals surface area (Å²) >= 11 is 0. The van der Waals surface area contributed by atoms with Gasteiger partial charge in [0.05, 0.1) is 4.90 Å². The molecule has 0 fully saturated rings. The number of hydrogen-bond donors (Lipinski definition) is 1. The van der Waals surface area contributed by atoms with E-state index in [4.69, 9.17) is 0 Å². The highest BCUT2D eigenvalue weighted by Crippen LogP contribution is 2.09. The molecule has 0 atom stereocenters. The van der Waals surface area contributed by atoms with E-state index in [2.05, 4.69) is 9.93 Å². The Morgan fingerprint density at radius 3 is 2.36 bits per heavy atom. The summed E-state index contributed by atoms with van der Waals surface area (Å²) in [5.74, 6) is 0. The highest BCUT2D eigenvalue weighted by molar-refractivity contribution is 7.89. The standard InChI is InChI=1S/C9H12N2O2S/c1-3-10-11-14(12,13)9-6-4-8(2)5-7-9/h3-7,11H,1-2H3. The average Bonchev–Trinajstić information content (AvgIpc) is 2.16. The van der Waals surface area contributed by atoms with Crippen LogP contribution in [0.4, 0.5) is 0 Å². The van der Waals surface area contributed by atoms with Crippen LogP contribution in [-0.2, 0) is 10.0 Å². The second kappa shape index (κ2) is 4.23. The molecule has 1 aromatic rings. The molecule has 0 saturated carbocycles. The molecule has 1 aromatic carbocycles. The highest BCUT2D eigenvalue weighted by Gasteiger charge is 2.11. The van der Waals surface area contributed by atoms with Gasteiger partial charge in [-0.15, -0.1) is 0 Å². The Kier molecular flexibility index (Phi) is 3.24. The van der Waals surface area contributed by atoms with Crippen molar-refractivity contribution >= 4 is 16.2 Å². The van der Waals surface area contributed by atoms with Gasteiger partial charge in [-0.05, 0) is 26.0 Å². The monoisotopic (exact) mass is 212 g/mol. The summed E-state index contributed by atoms with van der Waals surface area (Å²) < 4.78 is 23.0. The Bertz CT molecular complexity index is 421. The van der Waals surface area contributed by atoms with Gasteiger partial charge in [0.25, 0.3) is 10.0 Å². The second-order valence-electron chi connectivity index (χ2n) is 2.80. The zero-order valence-electron chi connectivity index (χ0n) is 8.06. The first kappa shape index (κ1) is 10.7. The molecule has 0 amide bonds. The van der Waals surface area contributed by atoms with Gasteiger partial charge in [0.15, 0.2) is 0 Å². The highest BCUT2D eigenvalue weighted by atomic mass is 32.2. The third-order valence-corrected chi connectivity index (χ3v) is 2.87. The van der Waals surface area contributed by atoms with E-state index in [1.165, 1.54) is 6.21 Å². The molecule has 4 nitrogen and oxygen atoms in total. The summed E-state index contributed by atoms with van der Waals surface area (Å²) in [7, 11) is -3.49. The quantitative estimate of drug-likeness (QED) is 0.606. The number of aryl methyl sites for hydroxylation is 1. The van der Waals surface area contributed by atoms with Crippen molar-refractivity contribution in [3.05, 3.63) is 29.8 Å². The lowest BCUT2D eigenvalue weighted by Crippen LogP contribution is -2.17. The van der Waals surface area contributed by atoms with Gasteiger partial charge in [-0.1, -0.05) is 17.7 Å². The van der Waals surface area contributed by atoms with E-state index in [9.17, 15) is 8.42 Å². The lowest BCUT2D eigenvalue weighted by molar-refractivity contribution is 0.584. The van der Waals surface area contributed by atoms with Gasteiger partial charge in [-0.25, -0.2) is 4.83 Å². The molecule has 0 heterocycles. The number of hydrogen-bond acceptors (Lipinski definition) is 3. The van der Waals surface area contributed by atoms with E-state index in [-0.39, 0.29) is 4.90 Å². The number of hydrazone groups is 1. The molecule has 76 valence electrons. The first-order valence-electron chi connectivity index (χ1n) is 4.12. The minimum absolute atomic E-state index is 0.216. The molecule has 5 heteroatoms. The number of sulfonamides is 1. The van der Waals surface area contributed by atoms with Crippen LogP contribution in [0.1, 0.15) is 12.5 Å². The summed E-state index contributed by atoms with van der Waals surface area (Å²) in [6.07, 6.45) is 1.38. The maximum absolute atomic E-state index is 11.5. The summed E-state index contributed by atoms with van der Waals surface area (Å²) in [5, 5.41) is 3.48. The SMILES string of the molecule is CC=NNS(=O)(=O)c1ccc(C)cc1. The molecule has 0 radical (unpaired) electrons. The van der Waals surface area contributed by atoms with Crippen molar-refractivity contribution in [3.63, 3.8) is 0 Å². The Morgan fingerprint density at radius 2 is 1.86 bits per heavy atom. The van der Waals surface area contributed by atoms with E-state index in [1.54, 1.807) is 31.2 Å². The molecular formula is C9H12N2O2S. The summed E-state index contributed by atoms with van der Waals surface area (Å²) in [6.45, 7) is 3.53. The third-order valence-electron chi connectivity index (χ3n) is 1.63. The minimum atomic E-state index is -3.49. The van der Waals surface area contributed by atoms with E-state index >= 15 is 0 Å². The first-order chi connectivity index (χ1) is 6.56. The predicted octanol–water partition coefficient (Wildman–Crippen LogP) is 1.28. The van der Waals surface area contributed by atoms with Gasteiger partial charge < -0.3 is 0 Å². The van der Waals surface area contributed by atoms with Crippen molar-refractivity contribution in [2.45, 2.75) is 18.7 Å². The lowest BCUT2D eigenvalue weighted by atomic mass is 10.2. The number of nitrogens with one attached hydrogen (secondary N) is 1. The zero-order valence-corrected chi connectivity index (χ0v) is 8.88. The molecule has 0 aliphatic heterocycles. The van der Waals surface area contributed by atoms with Crippen LogP contribution in [0, 0.1) is 6.92 Å². The van der Waals surface area contributed by atoms with E-state index in [1.807, 2.05) is 6.92 Å². The molecular weight excluding hydrogens is 200 g/mol. The Balaban J connectivity index is 2.99. The molecule has 0 bridgehead atoms. The topological polar surface area (TPSA) is 58.5 Å². The molecule has 0 unspecified atom stereocenters. The van der Waals surface area contributed by atoms with E-state index in [0.717, 1.165) is 5.56 Å². The smallest absolute Gasteiger partial charge is 0.200 e. The normalized spacial score (nSPS) is 11.9. The van der Waals surface area contributed by atoms with Crippen molar-refractivity contribution in [1.82, 2.24) is 4.83 Å². The Morgan fingerprint density at radius 1 is 1.29 bits per heavy atom. The lowest BCUT2D eigenvalue weighted by Gasteiger charge is -2.02. The van der Waals surface area contributed by atoms with Crippen LogP contribution in [0.15, 0.2) is 34.3 Å². The number of nitrogens with zero attached hydrogens (tertiary/aromatic N) is 1. The van der Waals surface area contributed by atoms with Crippen molar-refractivity contribution in [2.24, 2.45) is 5.10 Å². The minimum Gasteiger partial charge on any atom is -0.200 e. The third kappa shape index (κ3) is 2.56. The Hall–Kier alpha value is -1.36. The van der Waals surface area contributed by atoms with Crippen molar-refractivity contribution in [1.29, 1.82) is 0 Å². The van der Waals surface area contributed by atoms with Crippen LogP contribution in [0.3, 0.4) is 0 Å². The summed E-state index contributed by atoms with van der Waals surface area (Å²) in [5.41, 5.74) is 1.02. The Labute approximate surface area is 83.7 Å². The van der Waals surface area contributed by atoms with Crippen LogP contribution < -0.4 is 4.83 Å². The zero-order chi connectivity index (χ0) is 10.6. The summed E-state index contributed by atoms with van der Waals surface area (Å²) in [6, 6.07) is 6.57. The van der Waals surface area contributed by atoms with Gasteiger partial charge in [0, 0.05) is 6.21 Å². The summed E-state index contributed by atoms with van der Waals surface area (Å²) in [4.78, 5) is 2.30. The maximum atomic E-state index is 11.5. The van der Waals surface area contributed by atoms with Crippen molar-refractivity contribution in [2.75, 3.05) is 0 Å². The molecule has 0 aromatic heterocycles. The number of benzene rings is 1. The van der Waals surface area contributed by atoms with E-state index < -0.39 is 10.0 Å². The van der Waals surface area contributed by atoms with Crippen LogP contribution in [0.25, 0.3) is 0 Å². The molecule has 0 spiro atoms. The molecule has 1 N–H and O–H groups in total. The van der Waals surface area contributed by atoms with Crippen LogP contribution in [-0.4, -0.2) is 14.6 Å². The van der Waals surface area contributed by atoms with Crippen LogP contribution in [0.2, 0.25) is 0 Å². The fourth-order valence-electron chi connectivity index (χ4n) is 0.892. The van der Waals surface area contributed by atoms with Gasteiger partial charge in [-0.2, -0.15) is 13.5 Å². The molecule has 0 aliphatic rings. The van der Waals surface area contributed by atoms with Gasteiger partial charge in [0.1, 0.15) is 0 Å².